The zero-order chi connectivity index (χ0) is 22.1. The molecule has 3 nitrogen and oxygen atoms in total. The van der Waals surface area contributed by atoms with E-state index in [1.54, 1.807) is 0 Å². The van der Waals surface area contributed by atoms with E-state index < -0.39 is 0 Å². The molecule has 0 aliphatic rings. The molecule has 1 atom stereocenters. The molecule has 0 amide bonds. The van der Waals surface area contributed by atoms with Gasteiger partial charge in [-0.1, -0.05) is 66.2 Å². The SMILES string of the molecule is CCOc1cc(CNC(C)CCc2ccccc2)c(Cl)cc1OCc1ccccc1C. The van der Waals surface area contributed by atoms with Crippen molar-refractivity contribution < 1.29 is 9.47 Å². The van der Waals surface area contributed by atoms with E-state index in [1.807, 2.05) is 31.2 Å². The van der Waals surface area contributed by atoms with Gasteiger partial charge in [-0.2, -0.15) is 0 Å². The summed E-state index contributed by atoms with van der Waals surface area (Å²) in [6, 6.07) is 23.0. The topological polar surface area (TPSA) is 30.5 Å². The number of aryl methyl sites for hydroxylation is 2. The Morgan fingerprint density at radius 3 is 2.35 bits per heavy atom. The lowest BCUT2D eigenvalue weighted by molar-refractivity contribution is 0.268. The van der Waals surface area contributed by atoms with Gasteiger partial charge in [0.1, 0.15) is 6.61 Å². The van der Waals surface area contributed by atoms with Crippen LogP contribution in [0.15, 0.2) is 66.7 Å². The summed E-state index contributed by atoms with van der Waals surface area (Å²) in [5, 5.41) is 4.27. The molecule has 1 unspecified atom stereocenters. The average Bonchev–Trinajstić information content (AvgIpc) is 2.78. The van der Waals surface area contributed by atoms with Crippen LogP contribution in [-0.4, -0.2) is 12.6 Å². The lowest BCUT2D eigenvalue weighted by Crippen LogP contribution is -2.26. The summed E-state index contributed by atoms with van der Waals surface area (Å²) < 4.78 is 11.9. The van der Waals surface area contributed by atoms with E-state index in [0.717, 1.165) is 29.7 Å². The molecule has 3 rings (SSSR count). The maximum atomic E-state index is 6.60. The number of hydrogen-bond acceptors (Lipinski definition) is 3. The van der Waals surface area contributed by atoms with Gasteiger partial charge in [-0.05, 0) is 61.9 Å². The molecule has 0 bridgehead atoms. The van der Waals surface area contributed by atoms with Crippen LogP contribution >= 0.6 is 11.6 Å². The summed E-state index contributed by atoms with van der Waals surface area (Å²) in [4.78, 5) is 0. The van der Waals surface area contributed by atoms with Crippen LogP contribution in [0.4, 0.5) is 0 Å². The Hall–Kier alpha value is -2.49. The molecule has 3 aromatic rings. The summed E-state index contributed by atoms with van der Waals surface area (Å²) in [6.07, 6.45) is 2.12. The molecule has 164 valence electrons. The predicted molar refractivity (Wildman–Crippen MR) is 129 cm³/mol. The third-order valence-corrected chi connectivity index (χ3v) is 5.76. The van der Waals surface area contributed by atoms with Crippen molar-refractivity contribution in [3.8, 4) is 11.5 Å². The van der Waals surface area contributed by atoms with Gasteiger partial charge in [0, 0.05) is 23.7 Å². The second-order valence-corrected chi connectivity index (χ2v) is 8.25. The Bertz CT molecular complexity index is 959. The number of hydrogen-bond donors (Lipinski definition) is 1. The van der Waals surface area contributed by atoms with Crippen molar-refractivity contribution in [1.82, 2.24) is 5.32 Å². The molecule has 0 saturated heterocycles. The standard InChI is InChI=1S/C27H32ClNO2/c1-4-30-26-16-24(18-29-21(3)14-15-22-11-6-5-7-12-22)25(28)17-27(26)31-19-23-13-9-8-10-20(23)2/h5-13,16-17,21,29H,4,14-15,18-19H2,1-3H3. The van der Waals surface area contributed by atoms with Crippen LogP contribution in [0.5, 0.6) is 11.5 Å². The molecule has 4 heteroatoms. The highest BCUT2D eigenvalue weighted by Crippen LogP contribution is 2.34. The van der Waals surface area contributed by atoms with Gasteiger partial charge in [-0.3, -0.25) is 0 Å². The number of halogens is 1. The van der Waals surface area contributed by atoms with E-state index in [4.69, 9.17) is 21.1 Å². The van der Waals surface area contributed by atoms with Crippen molar-refractivity contribution in [2.75, 3.05) is 6.61 Å². The second kappa shape index (κ2) is 11.8. The van der Waals surface area contributed by atoms with E-state index >= 15 is 0 Å². The highest BCUT2D eigenvalue weighted by molar-refractivity contribution is 6.31. The van der Waals surface area contributed by atoms with Crippen molar-refractivity contribution >= 4 is 11.6 Å². The summed E-state index contributed by atoms with van der Waals surface area (Å²) in [7, 11) is 0. The van der Waals surface area contributed by atoms with E-state index in [2.05, 4.69) is 61.6 Å². The molecular weight excluding hydrogens is 406 g/mol. The molecule has 0 radical (unpaired) electrons. The Morgan fingerprint density at radius 2 is 1.61 bits per heavy atom. The highest BCUT2D eigenvalue weighted by Gasteiger charge is 2.13. The molecule has 0 heterocycles. The normalized spacial score (nSPS) is 11.9. The van der Waals surface area contributed by atoms with Gasteiger partial charge in [0.25, 0.3) is 0 Å². The Kier molecular flexibility index (Phi) is 8.81. The molecule has 31 heavy (non-hydrogen) atoms. The fourth-order valence-electron chi connectivity index (χ4n) is 3.44. The van der Waals surface area contributed by atoms with Crippen LogP contribution in [0.1, 0.15) is 42.5 Å². The van der Waals surface area contributed by atoms with Crippen LogP contribution in [-0.2, 0) is 19.6 Å². The minimum Gasteiger partial charge on any atom is -0.490 e. The van der Waals surface area contributed by atoms with Crippen molar-refractivity contribution in [3.63, 3.8) is 0 Å². The van der Waals surface area contributed by atoms with Gasteiger partial charge in [0.05, 0.1) is 6.61 Å². The molecule has 0 spiro atoms. The first-order valence-electron chi connectivity index (χ1n) is 11.0. The first-order valence-corrected chi connectivity index (χ1v) is 11.3. The van der Waals surface area contributed by atoms with E-state index in [0.29, 0.717) is 36.6 Å². The zero-order valence-electron chi connectivity index (χ0n) is 18.7. The summed E-state index contributed by atoms with van der Waals surface area (Å²) >= 11 is 6.60. The third-order valence-electron chi connectivity index (χ3n) is 5.41. The summed E-state index contributed by atoms with van der Waals surface area (Å²) in [6.45, 7) is 8.01. The van der Waals surface area contributed by atoms with Crippen LogP contribution in [0.25, 0.3) is 0 Å². The van der Waals surface area contributed by atoms with Crippen molar-refractivity contribution in [3.05, 3.63) is 94.0 Å². The Balaban J connectivity index is 1.61. The minimum atomic E-state index is 0.379. The molecule has 1 N–H and O–H groups in total. The predicted octanol–water partition coefficient (Wildman–Crippen LogP) is 6.74. The Morgan fingerprint density at radius 1 is 0.903 bits per heavy atom. The van der Waals surface area contributed by atoms with Crippen molar-refractivity contribution in [1.29, 1.82) is 0 Å². The number of nitrogens with one attached hydrogen (secondary N) is 1. The van der Waals surface area contributed by atoms with Crippen LogP contribution < -0.4 is 14.8 Å². The van der Waals surface area contributed by atoms with Gasteiger partial charge in [0.2, 0.25) is 0 Å². The van der Waals surface area contributed by atoms with Gasteiger partial charge < -0.3 is 14.8 Å². The summed E-state index contributed by atoms with van der Waals surface area (Å²) in [5.74, 6) is 1.41. The van der Waals surface area contributed by atoms with Crippen LogP contribution in [0.2, 0.25) is 5.02 Å². The molecule has 3 aromatic carbocycles. The largest absolute Gasteiger partial charge is 0.490 e. The van der Waals surface area contributed by atoms with Gasteiger partial charge in [0.15, 0.2) is 11.5 Å². The fourth-order valence-corrected chi connectivity index (χ4v) is 3.66. The first-order chi connectivity index (χ1) is 15.1. The fraction of sp³-hybridized carbons (Fsp3) is 0.333. The maximum absolute atomic E-state index is 6.60. The number of benzene rings is 3. The molecule has 0 aliphatic heterocycles. The lowest BCUT2D eigenvalue weighted by Gasteiger charge is -2.18. The third kappa shape index (κ3) is 7.02. The van der Waals surface area contributed by atoms with Crippen molar-refractivity contribution in [2.24, 2.45) is 0 Å². The average molecular weight is 438 g/mol. The molecule has 0 aromatic heterocycles. The van der Waals surface area contributed by atoms with E-state index in [9.17, 15) is 0 Å². The highest BCUT2D eigenvalue weighted by atomic mass is 35.5. The van der Waals surface area contributed by atoms with Crippen LogP contribution in [0, 0.1) is 6.92 Å². The van der Waals surface area contributed by atoms with Crippen LogP contribution in [0.3, 0.4) is 0 Å². The molecule has 0 fully saturated rings. The molecule has 0 saturated carbocycles. The van der Waals surface area contributed by atoms with Gasteiger partial charge in [-0.25, -0.2) is 0 Å². The summed E-state index contributed by atoms with van der Waals surface area (Å²) in [5.41, 5.74) is 4.74. The number of rotatable bonds is 11. The lowest BCUT2D eigenvalue weighted by atomic mass is 10.1. The monoisotopic (exact) mass is 437 g/mol. The molecule has 0 aliphatic carbocycles. The first kappa shape index (κ1) is 23.2. The van der Waals surface area contributed by atoms with E-state index in [-0.39, 0.29) is 0 Å². The quantitative estimate of drug-likeness (QED) is 0.360. The maximum Gasteiger partial charge on any atom is 0.163 e. The molecular formula is C27H32ClNO2. The smallest absolute Gasteiger partial charge is 0.163 e. The van der Waals surface area contributed by atoms with Gasteiger partial charge >= 0.3 is 0 Å². The number of ether oxygens (including phenoxy) is 2. The Labute approximate surface area is 191 Å². The zero-order valence-corrected chi connectivity index (χ0v) is 19.4. The minimum absolute atomic E-state index is 0.379. The van der Waals surface area contributed by atoms with Crippen molar-refractivity contribution in [2.45, 2.75) is 52.8 Å². The van der Waals surface area contributed by atoms with Gasteiger partial charge in [-0.15, -0.1) is 0 Å². The van der Waals surface area contributed by atoms with E-state index in [1.165, 1.54) is 11.1 Å². The second-order valence-electron chi connectivity index (χ2n) is 7.84.